The van der Waals surface area contributed by atoms with E-state index in [-0.39, 0.29) is 0 Å². The zero-order chi connectivity index (χ0) is 20.2. The molecule has 0 fully saturated rings. The zero-order valence-corrected chi connectivity index (χ0v) is 16.9. The predicted molar refractivity (Wildman–Crippen MR) is 112 cm³/mol. The third-order valence-electron chi connectivity index (χ3n) is 4.79. The van der Waals surface area contributed by atoms with Gasteiger partial charge in [-0.25, -0.2) is 24.1 Å². The highest BCUT2D eigenvalue weighted by atomic mass is 15.3. The maximum absolute atomic E-state index is 4.72. The van der Waals surface area contributed by atoms with Crippen molar-refractivity contribution in [3.63, 3.8) is 0 Å². The summed E-state index contributed by atoms with van der Waals surface area (Å²) in [6.45, 7) is 4.23. The van der Waals surface area contributed by atoms with Crippen molar-refractivity contribution in [2.75, 3.05) is 7.05 Å². The van der Waals surface area contributed by atoms with Crippen molar-refractivity contribution in [2.45, 2.75) is 39.5 Å². The van der Waals surface area contributed by atoms with E-state index < -0.39 is 0 Å². The summed E-state index contributed by atoms with van der Waals surface area (Å²) >= 11 is 0. The molecule has 0 unspecified atom stereocenters. The first-order valence-electron chi connectivity index (χ1n) is 9.87. The monoisotopic (exact) mass is 388 g/mol. The molecule has 4 aromatic rings. The molecule has 8 heteroatoms. The molecule has 0 atom stereocenters. The van der Waals surface area contributed by atoms with E-state index in [0.717, 1.165) is 59.1 Å². The Hall–Kier alpha value is -3.42. The zero-order valence-electron chi connectivity index (χ0n) is 16.9. The first-order valence-corrected chi connectivity index (χ1v) is 9.87. The van der Waals surface area contributed by atoms with Crippen LogP contribution < -0.4 is 0 Å². The number of aliphatic imine (C=N–C) groups is 1. The first kappa shape index (κ1) is 18.9. The average Bonchev–Trinajstić information content (AvgIpc) is 3.37. The van der Waals surface area contributed by atoms with E-state index in [1.165, 1.54) is 0 Å². The van der Waals surface area contributed by atoms with Gasteiger partial charge in [-0.3, -0.25) is 4.99 Å². The largest absolute Gasteiger partial charge is 0.296 e. The lowest BCUT2D eigenvalue weighted by atomic mass is 10.1. The van der Waals surface area contributed by atoms with Gasteiger partial charge in [0.25, 0.3) is 0 Å². The van der Waals surface area contributed by atoms with Crippen LogP contribution in [0.5, 0.6) is 0 Å². The second kappa shape index (κ2) is 8.30. The number of fused-ring (bicyclic) bond motifs is 1. The maximum atomic E-state index is 4.72. The Kier molecular flexibility index (Phi) is 5.41. The van der Waals surface area contributed by atoms with E-state index in [0.29, 0.717) is 6.42 Å². The molecule has 4 aromatic heterocycles. The minimum absolute atomic E-state index is 0.638. The predicted octanol–water partition coefficient (Wildman–Crippen LogP) is 2.86. The van der Waals surface area contributed by atoms with E-state index in [1.54, 1.807) is 36.5 Å². The van der Waals surface area contributed by atoms with Crippen LogP contribution in [0.2, 0.25) is 0 Å². The smallest absolute Gasteiger partial charge is 0.162 e. The summed E-state index contributed by atoms with van der Waals surface area (Å²) in [4.78, 5) is 18.1. The van der Waals surface area contributed by atoms with Gasteiger partial charge in [0.2, 0.25) is 0 Å². The van der Waals surface area contributed by atoms with Gasteiger partial charge in [-0.2, -0.15) is 5.10 Å². The lowest BCUT2D eigenvalue weighted by Gasteiger charge is -2.11. The summed E-state index contributed by atoms with van der Waals surface area (Å²) in [7, 11) is 1.75. The molecular weight excluding hydrogens is 364 g/mol. The number of pyridine rings is 1. The minimum atomic E-state index is 0.638. The van der Waals surface area contributed by atoms with Crippen LogP contribution >= 0.6 is 0 Å². The number of hydrogen-bond acceptors (Lipinski definition) is 6. The fourth-order valence-electron chi connectivity index (χ4n) is 3.45. The van der Waals surface area contributed by atoms with Crippen molar-refractivity contribution in [1.29, 1.82) is 0 Å². The van der Waals surface area contributed by atoms with E-state index in [1.807, 2.05) is 22.9 Å². The molecule has 0 bridgehead atoms. The molecular formula is C21H24N8. The van der Waals surface area contributed by atoms with Crippen LogP contribution in [0.1, 0.15) is 48.6 Å². The molecule has 0 radical (unpaired) electrons. The molecule has 0 aliphatic rings. The number of rotatable bonds is 7. The van der Waals surface area contributed by atoms with E-state index in [9.17, 15) is 0 Å². The highest BCUT2D eigenvalue weighted by molar-refractivity contribution is 5.83. The van der Waals surface area contributed by atoms with Gasteiger partial charge in [-0.15, -0.1) is 5.10 Å². The van der Waals surface area contributed by atoms with Crippen molar-refractivity contribution >= 4 is 11.9 Å². The molecule has 8 nitrogen and oxygen atoms in total. The molecule has 4 rings (SSSR count). The Morgan fingerprint density at radius 2 is 2.03 bits per heavy atom. The summed E-state index contributed by atoms with van der Waals surface area (Å²) in [5.74, 6) is 1.59. The third kappa shape index (κ3) is 3.65. The van der Waals surface area contributed by atoms with Crippen LogP contribution in [0.25, 0.3) is 11.5 Å². The average molecular weight is 388 g/mol. The van der Waals surface area contributed by atoms with Crippen molar-refractivity contribution in [3.05, 3.63) is 65.3 Å². The normalized spacial score (nSPS) is 11.7. The van der Waals surface area contributed by atoms with E-state index in [4.69, 9.17) is 9.97 Å². The molecule has 148 valence electrons. The SMILES string of the molecule is CCCc1c(Cc2ccnn2-c2ncccc2C=NC)ncn2nc(CC)nc12. The van der Waals surface area contributed by atoms with Crippen molar-refractivity contribution < 1.29 is 0 Å². The second-order valence-corrected chi connectivity index (χ2v) is 6.78. The number of aryl methyl sites for hydroxylation is 2. The Morgan fingerprint density at radius 3 is 2.83 bits per heavy atom. The van der Waals surface area contributed by atoms with Gasteiger partial charge in [0.15, 0.2) is 17.3 Å². The summed E-state index contributed by atoms with van der Waals surface area (Å²) in [6, 6.07) is 5.88. The second-order valence-electron chi connectivity index (χ2n) is 6.78. The van der Waals surface area contributed by atoms with Gasteiger partial charge in [0.05, 0.1) is 11.4 Å². The highest BCUT2D eigenvalue weighted by Crippen LogP contribution is 2.20. The van der Waals surface area contributed by atoms with Crippen LogP contribution in [0, 0.1) is 0 Å². The Labute approximate surface area is 169 Å². The van der Waals surface area contributed by atoms with Gasteiger partial charge >= 0.3 is 0 Å². The summed E-state index contributed by atoms with van der Waals surface area (Å²) in [6.07, 6.45) is 10.5. The highest BCUT2D eigenvalue weighted by Gasteiger charge is 2.16. The van der Waals surface area contributed by atoms with E-state index >= 15 is 0 Å². The van der Waals surface area contributed by atoms with Crippen LogP contribution in [0.3, 0.4) is 0 Å². The summed E-state index contributed by atoms with van der Waals surface area (Å²) in [5.41, 5.74) is 4.97. The molecule has 0 saturated carbocycles. The third-order valence-corrected chi connectivity index (χ3v) is 4.79. The Balaban J connectivity index is 1.77. The minimum Gasteiger partial charge on any atom is -0.296 e. The van der Waals surface area contributed by atoms with Crippen molar-refractivity contribution in [1.82, 2.24) is 34.3 Å². The van der Waals surface area contributed by atoms with Crippen LogP contribution in [0.4, 0.5) is 0 Å². The van der Waals surface area contributed by atoms with Gasteiger partial charge in [0.1, 0.15) is 6.33 Å². The number of aromatic nitrogens is 7. The fourth-order valence-corrected chi connectivity index (χ4v) is 3.45. The molecule has 0 spiro atoms. The maximum Gasteiger partial charge on any atom is 0.162 e. The Bertz CT molecular complexity index is 1150. The molecule has 0 amide bonds. The lowest BCUT2D eigenvalue weighted by Crippen LogP contribution is -2.10. The molecule has 0 aliphatic carbocycles. The first-order chi connectivity index (χ1) is 14.2. The van der Waals surface area contributed by atoms with Gasteiger partial charge in [-0.05, 0) is 24.6 Å². The topological polar surface area (TPSA) is 86.2 Å². The van der Waals surface area contributed by atoms with Crippen molar-refractivity contribution in [2.24, 2.45) is 4.99 Å². The number of hydrogen-bond donors (Lipinski definition) is 0. The number of nitrogens with zero attached hydrogens (tertiary/aromatic N) is 8. The molecule has 0 saturated heterocycles. The van der Waals surface area contributed by atoms with Crippen LogP contribution in [0.15, 0.2) is 41.9 Å². The van der Waals surface area contributed by atoms with Crippen molar-refractivity contribution in [3.8, 4) is 5.82 Å². The molecule has 0 N–H and O–H groups in total. The molecule has 29 heavy (non-hydrogen) atoms. The lowest BCUT2D eigenvalue weighted by molar-refractivity contribution is 0.774. The molecule has 0 aliphatic heterocycles. The quantitative estimate of drug-likeness (QED) is 0.454. The summed E-state index contributed by atoms with van der Waals surface area (Å²) < 4.78 is 3.65. The van der Waals surface area contributed by atoms with Crippen LogP contribution in [-0.2, 0) is 19.3 Å². The van der Waals surface area contributed by atoms with Crippen LogP contribution in [-0.4, -0.2) is 47.6 Å². The Morgan fingerprint density at radius 1 is 1.14 bits per heavy atom. The van der Waals surface area contributed by atoms with E-state index in [2.05, 4.69) is 34.0 Å². The van der Waals surface area contributed by atoms with Gasteiger partial charge in [0, 0.05) is 49.6 Å². The fraction of sp³-hybridized carbons (Fsp3) is 0.333. The van der Waals surface area contributed by atoms with Gasteiger partial charge < -0.3 is 0 Å². The molecule has 0 aromatic carbocycles. The van der Waals surface area contributed by atoms with Gasteiger partial charge in [-0.1, -0.05) is 20.3 Å². The molecule has 4 heterocycles. The summed E-state index contributed by atoms with van der Waals surface area (Å²) in [5, 5.41) is 9.02. The standard InChI is InChI=1S/C21H24N8/c1-4-7-17-18(24-14-28-21(17)26-19(5-2)27-28)12-16-9-11-25-29(16)20-15(13-22-3)8-6-10-23-20/h6,8-11,13-14H,4-5,7,12H2,1-3H3.